The standard InChI is InChI=1S/C12H14N2O2S/c1-3-16-10(15)7-17-12-13-9-6-4-5-8(2)11(9)14-12/h4-6H,3,7H2,1-2H3,(H,13,14). The summed E-state index contributed by atoms with van der Waals surface area (Å²) in [7, 11) is 0. The lowest BCUT2D eigenvalue weighted by molar-refractivity contribution is -0.139. The Bertz CT molecular complexity index is 536. The van der Waals surface area contributed by atoms with Crippen LogP contribution in [0.4, 0.5) is 0 Å². The molecule has 1 heterocycles. The maximum Gasteiger partial charge on any atom is 0.316 e. The van der Waals surface area contributed by atoms with Gasteiger partial charge in [-0.3, -0.25) is 4.79 Å². The van der Waals surface area contributed by atoms with Gasteiger partial charge >= 0.3 is 5.97 Å². The van der Waals surface area contributed by atoms with Crippen molar-refractivity contribution in [2.24, 2.45) is 0 Å². The first-order valence-corrected chi connectivity index (χ1v) is 6.43. The molecule has 2 aromatic rings. The second-order valence-corrected chi connectivity index (χ2v) is 4.57. The van der Waals surface area contributed by atoms with Crippen molar-refractivity contribution in [2.45, 2.75) is 19.0 Å². The normalized spacial score (nSPS) is 10.7. The van der Waals surface area contributed by atoms with Crippen LogP contribution < -0.4 is 0 Å². The minimum absolute atomic E-state index is 0.213. The zero-order valence-electron chi connectivity index (χ0n) is 9.82. The average Bonchev–Trinajstić information content (AvgIpc) is 2.71. The predicted molar refractivity (Wildman–Crippen MR) is 68.2 cm³/mol. The van der Waals surface area contributed by atoms with E-state index in [4.69, 9.17) is 4.74 Å². The van der Waals surface area contributed by atoms with Crippen molar-refractivity contribution in [1.82, 2.24) is 9.97 Å². The number of nitrogens with zero attached hydrogens (tertiary/aromatic N) is 1. The molecule has 0 aliphatic heterocycles. The summed E-state index contributed by atoms with van der Waals surface area (Å²) in [5.41, 5.74) is 3.08. The van der Waals surface area contributed by atoms with Crippen LogP contribution in [0.3, 0.4) is 0 Å². The highest BCUT2D eigenvalue weighted by Crippen LogP contribution is 2.21. The summed E-state index contributed by atoms with van der Waals surface area (Å²) in [5, 5.41) is 0.752. The molecule has 0 aliphatic carbocycles. The maximum atomic E-state index is 11.2. The highest BCUT2D eigenvalue weighted by atomic mass is 32.2. The number of esters is 1. The summed E-state index contributed by atoms with van der Waals surface area (Å²) in [5.74, 6) is 0.0712. The van der Waals surface area contributed by atoms with Gasteiger partial charge in [-0.15, -0.1) is 0 Å². The van der Waals surface area contributed by atoms with Crippen LogP contribution in [-0.4, -0.2) is 28.3 Å². The molecule has 0 unspecified atom stereocenters. The van der Waals surface area contributed by atoms with Crippen molar-refractivity contribution >= 4 is 28.8 Å². The monoisotopic (exact) mass is 250 g/mol. The Labute approximate surface area is 104 Å². The number of H-pyrrole nitrogens is 1. The van der Waals surface area contributed by atoms with Gasteiger partial charge in [-0.05, 0) is 25.5 Å². The Morgan fingerprint density at radius 1 is 1.53 bits per heavy atom. The number of thioether (sulfide) groups is 1. The van der Waals surface area contributed by atoms with Crippen LogP contribution in [0.15, 0.2) is 23.4 Å². The molecule has 0 atom stereocenters. The number of imidazole rings is 1. The molecule has 17 heavy (non-hydrogen) atoms. The van der Waals surface area contributed by atoms with Crippen molar-refractivity contribution < 1.29 is 9.53 Å². The first-order valence-electron chi connectivity index (χ1n) is 5.44. The summed E-state index contributed by atoms with van der Waals surface area (Å²) in [6.45, 7) is 4.23. The van der Waals surface area contributed by atoms with E-state index >= 15 is 0 Å². The third-order valence-electron chi connectivity index (χ3n) is 2.32. The number of aryl methyl sites for hydroxylation is 1. The van der Waals surface area contributed by atoms with E-state index in [1.165, 1.54) is 11.8 Å². The molecular formula is C12H14N2O2S. The molecule has 0 aliphatic rings. The Hall–Kier alpha value is -1.49. The number of para-hydroxylation sites is 1. The van der Waals surface area contributed by atoms with Gasteiger partial charge in [0.15, 0.2) is 5.16 Å². The van der Waals surface area contributed by atoms with Crippen LogP contribution >= 0.6 is 11.8 Å². The largest absolute Gasteiger partial charge is 0.465 e. The first-order chi connectivity index (χ1) is 8.20. The van der Waals surface area contributed by atoms with Crippen molar-refractivity contribution in [3.8, 4) is 0 Å². The molecule has 90 valence electrons. The summed E-state index contributed by atoms with van der Waals surface area (Å²) < 4.78 is 4.86. The zero-order valence-corrected chi connectivity index (χ0v) is 10.6. The average molecular weight is 250 g/mol. The van der Waals surface area contributed by atoms with Crippen LogP contribution in [0.1, 0.15) is 12.5 Å². The lowest BCUT2D eigenvalue weighted by atomic mass is 10.2. The lowest BCUT2D eigenvalue weighted by Crippen LogP contribution is -2.06. The number of benzene rings is 1. The van der Waals surface area contributed by atoms with Crippen molar-refractivity contribution in [2.75, 3.05) is 12.4 Å². The van der Waals surface area contributed by atoms with Gasteiger partial charge in [-0.25, -0.2) is 4.98 Å². The number of hydrogen-bond donors (Lipinski definition) is 1. The number of fused-ring (bicyclic) bond motifs is 1. The first kappa shape index (κ1) is 12.0. The second-order valence-electron chi connectivity index (χ2n) is 3.61. The van der Waals surface area contributed by atoms with E-state index in [1.54, 1.807) is 6.92 Å². The summed E-state index contributed by atoms with van der Waals surface area (Å²) >= 11 is 1.36. The molecular weight excluding hydrogens is 236 g/mol. The number of ether oxygens (including phenoxy) is 1. The zero-order chi connectivity index (χ0) is 12.3. The van der Waals surface area contributed by atoms with E-state index in [9.17, 15) is 4.79 Å². The van der Waals surface area contributed by atoms with E-state index in [2.05, 4.69) is 9.97 Å². The molecule has 0 spiro atoms. The number of hydrogen-bond acceptors (Lipinski definition) is 4. The molecule has 4 nitrogen and oxygen atoms in total. The summed E-state index contributed by atoms with van der Waals surface area (Å²) in [6.07, 6.45) is 0. The van der Waals surface area contributed by atoms with Crippen LogP contribution in [0, 0.1) is 6.92 Å². The van der Waals surface area contributed by atoms with Gasteiger partial charge in [0.2, 0.25) is 0 Å². The summed E-state index contributed by atoms with van der Waals surface area (Å²) in [6, 6.07) is 5.97. The van der Waals surface area contributed by atoms with E-state index in [1.807, 2.05) is 25.1 Å². The minimum Gasteiger partial charge on any atom is -0.465 e. The van der Waals surface area contributed by atoms with E-state index in [0.717, 1.165) is 21.8 Å². The van der Waals surface area contributed by atoms with Gasteiger partial charge in [0.1, 0.15) is 0 Å². The number of carbonyl (C=O) groups excluding carboxylic acids is 1. The molecule has 2 rings (SSSR count). The Morgan fingerprint density at radius 3 is 3.06 bits per heavy atom. The number of aromatic nitrogens is 2. The molecule has 0 radical (unpaired) electrons. The molecule has 0 amide bonds. The van der Waals surface area contributed by atoms with Crippen LogP contribution in [0.5, 0.6) is 0 Å². The van der Waals surface area contributed by atoms with E-state index < -0.39 is 0 Å². The fourth-order valence-corrected chi connectivity index (χ4v) is 2.23. The fourth-order valence-electron chi connectivity index (χ4n) is 1.55. The van der Waals surface area contributed by atoms with Gasteiger partial charge in [0.25, 0.3) is 0 Å². The molecule has 0 fully saturated rings. The SMILES string of the molecule is CCOC(=O)CSc1nc2c(C)cccc2[nH]1. The smallest absolute Gasteiger partial charge is 0.316 e. The highest BCUT2D eigenvalue weighted by molar-refractivity contribution is 7.99. The van der Waals surface area contributed by atoms with Gasteiger partial charge in [0, 0.05) is 0 Å². The maximum absolute atomic E-state index is 11.2. The molecule has 0 bridgehead atoms. The molecule has 1 aromatic carbocycles. The number of rotatable bonds is 4. The quantitative estimate of drug-likeness (QED) is 0.669. The van der Waals surface area contributed by atoms with Crippen LogP contribution in [-0.2, 0) is 9.53 Å². The second kappa shape index (κ2) is 5.23. The van der Waals surface area contributed by atoms with Crippen LogP contribution in [0.25, 0.3) is 11.0 Å². The molecule has 0 saturated heterocycles. The van der Waals surface area contributed by atoms with Crippen molar-refractivity contribution in [3.63, 3.8) is 0 Å². The molecule has 0 saturated carbocycles. The Morgan fingerprint density at radius 2 is 2.35 bits per heavy atom. The summed E-state index contributed by atoms with van der Waals surface area (Å²) in [4.78, 5) is 18.8. The van der Waals surface area contributed by atoms with Gasteiger partial charge in [-0.2, -0.15) is 0 Å². The van der Waals surface area contributed by atoms with Gasteiger partial charge < -0.3 is 9.72 Å². The highest BCUT2D eigenvalue weighted by Gasteiger charge is 2.08. The van der Waals surface area contributed by atoms with Crippen molar-refractivity contribution in [1.29, 1.82) is 0 Å². The van der Waals surface area contributed by atoms with E-state index in [-0.39, 0.29) is 11.7 Å². The third kappa shape index (κ3) is 2.79. The fraction of sp³-hybridized carbons (Fsp3) is 0.333. The third-order valence-corrected chi connectivity index (χ3v) is 3.17. The number of carbonyl (C=O) groups is 1. The van der Waals surface area contributed by atoms with Gasteiger partial charge in [-0.1, -0.05) is 23.9 Å². The van der Waals surface area contributed by atoms with Crippen LogP contribution in [0.2, 0.25) is 0 Å². The number of aromatic amines is 1. The molecule has 1 aromatic heterocycles. The van der Waals surface area contributed by atoms with Crippen molar-refractivity contribution in [3.05, 3.63) is 23.8 Å². The Kier molecular flexibility index (Phi) is 3.68. The van der Waals surface area contributed by atoms with E-state index in [0.29, 0.717) is 6.61 Å². The van der Waals surface area contributed by atoms with Gasteiger partial charge in [0.05, 0.1) is 23.4 Å². The molecule has 5 heteroatoms. The predicted octanol–water partition coefficient (Wildman–Crippen LogP) is 2.53. The topological polar surface area (TPSA) is 55.0 Å². The lowest BCUT2D eigenvalue weighted by Gasteiger charge is -1.98. The molecule has 1 N–H and O–H groups in total. The number of nitrogens with one attached hydrogen (secondary N) is 1. The Balaban J connectivity index is 2.10. The minimum atomic E-state index is -0.213.